The highest BCUT2D eigenvalue weighted by Gasteiger charge is 1.98. The smallest absolute Gasteiger partial charge is 0.335 e. The molecule has 106 valence electrons. The van der Waals surface area contributed by atoms with E-state index in [9.17, 15) is 4.79 Å². The second kappa shape index (κ2) is 7.20. The van der Waals surface area contributed by atoms with Crippen molar-refractivity contribution in [1.29, 1.82) is 0 Å². The van der Waals surface area contributed by atoms with Crippen molar-refractivity contribution in [3.8, 4) is 5.75 Å². The highest BCUT2D eigenvalue weighted by Crippen LogP contribution is 2.15. The standard InChI is InChI=1S/C18H17NO2/c1-3-14-5-9-16(10-6-14)19-13-15-7-11-17(12-8-15)21-18(20)4-2/h4-13H,2-3H2,1H3. The first-order valence-electron chi connectivity index (χ1n) is 6.78. The number of benzene rings is 2. The summed E-state index contributed by atoms with van der Waals surface area (Å²) in [5, 5.41) is 0. The van der Waals surface area contributed by atoms with Gasteiger partial charge in [0.2, 0.25) is 0 Å². The third kappa shape index (κ3) is 4.42. The molecule has 0 unspecified atom stereocenters. The van der Waals surface area contributed by atoms with Crippen molar-refractivity contribution >= 4 is 17.9 Å². The molecule has 0 aliphatic carbocycles. The number of ether oxygens (including phenoxy) is 1. The zero-order valence-electron chi connectivity index (χ0n) is 12.0. The number of carbonyl (C=O) groups excluding carboxylic acids is 1. The largest absolute Gasteiger partial charge is 0.423 e. The second-order valence-corrected chi connectivity index (χ2v) is 4.47. The molecule has 2 aromatic rings. The first-order valence-corrected chi connectivity index (χ1v) is 6.78. The molecular weight excluding hydrogens is 262 g/mol. The van der Waals surface area contributed by atoms with Crippen LogP contribution in [0.5, 0.6) is 5.75 Å². The lowest BCUT2D eigenvalue weighted by atomic mass is 10.1. The quantitative estimate of drug-likeness (QED) is 0.358. The number of aliphatic imine (C=N–C) groups is 1. The number of esters is 1. The number of aryl methyl sites for hydroxylation is 1. The van der Waals surface area contributed by atoms with Gasteiger partial charge in [-0.2, -0.15) is 0 Å². The van der Waals surface area contributed by atoms with Crippen LogP contribution in [0.4, 0.5) is 5.69 Å². The van der Waals surface area contributed by atoms with Crippen molar-refractivity contribution in [3.05, 3.63) is 72.3 Å². The maximum atomic E-state index is 11.1. The SMILES string of the molecule is C=CC(=O)Oc1ccc(C=Nc2ccc(CC)cc2)cc1. The fourth-order valence-corrected chi connectivity index (χ4v) is 1.75. The monoisotopic (exact) mass is 279 g/mol. The predicted molar refractivity (Wildman–Crippen MR) is 85.3 cm³/mol. The molecule has 0 spiro atoms. The molecule has 0 saturated heterocycles. The lowest BCUT2D eigenvalue weighted by Crippen LogP contribution is -2.02. The summed E-state index contributed by atoms with van der Waals surface area (Å²) in [6.07, 6.45) is 3.93. The molecule has 0 N–H and O–H groups in total. The fraction of sp³-hybridized carbons (Fsp3) is 0.111. The van der Waals surface area contributed by atoms with Gasteiger partial charge in [-0.3, -0.25) is 4.99 Å². The van der Waals surface area contributed by atoms with Gasteiger partial charge in [0.05, 0.1) is 5.69 Å². The number of carbonyl (C=O) groups is 1. The Bertz CT molecular complexity index is 640. The Balaban J connectivity index is 2.03. The van der Waals surface area contributed by atoms with Crippen molar-refractivity contribution in [2.45, 2.75) is 13.3 Å². The van der Waals surface area contributed by atoms with Crippen molar-refractivity contribution < 1.29 is 9.53 Å². The molecule has 0 heterocycles. The Hall–Kier alpha value is -2.68. The molecule has 2 rings (SSSR count). The molecule has 0 aliphatic rings. The summed E-state index contributed by atoms with van der Waals surface area (Å²) in [6.45, 7) is 5.48. The maximum Gasteiger partial charge on any atom is 0.335 e. The van der Waals surface area contributed by atoms with E-state index in [2.05, 4.69) is 30.6 Å². The van der Waals surface area contributed by atoms with Gasteiger partial charge >= 0.3 is 5.97 Å². The van der Waals surface area contributed by atoms with E-state index in [-0.39, 0.29) is 0 Å². The third-order valence-corrected chi connectivity index (χ3v) is 2.97. The fourth-order valence-electron chi connectivity index (χ4n) is 1.75. The Kier molecular flexibility index (Phi) is 5.04. The van der Waals surface area contributed by atoms with Crippen molar-refractivity contribution in [1.82, 2.24) is 0 Å². The van der Waals surface area contributed by atoms with Gasteiger partial charge in [-0.15, -0.1) is 0 Å². The molecule has 0 atom stereocenters. The first kappa shape index (κ1) is 14.7. The first-order chi connectivity index (χ1) is 10.2. The van der Waals surface area contributed by atoms with Crippen LogP contribution in [0.1, 0.15) is 18.1 Å². The molecule has 0 aliphatic heterocycles. The number of hydrogen-bond acceptors (Lipinski definition) is 3. The zero-order chi connectivity index (χ0) is 15.1. The summed E-state index contributed by atoms with van der Waals surface area (Å²) in [5.74, 6) is 0.0248. The summed E-state index contributed by atoms with van der Waals surface area (Å²) in [4.78, 5) is 15.5. The van der Waals surface area contributed by atoms with E-state index in [4.69, 9.17) is 4.74 Å². The van der Waals surface area contributed by atoms with E-state index in [1.807, 2.05) is 24.3 Å². The maximum absolute atomic E-state index is 11.1. The van der Waals surface area contributed by atoms with Crippen LogP contribution in [0, 0.1) is 0 Å². The van der Waals surface area contributed by atoms with Crippen molar-refractivity contribution in [2.24, 2.45) is 4.99 Å². The summed E-state index contributed by atoms with van der Waals surface area (Å²) < 4.78 is 5.01. The topological polar surface area (TPSA) is 38.7 Å². The molecule has 3 heteroatoms. The van der Waals surface area contributed by atoms with Gasteiger partial charge in [-0.25, -0.2) is 4.79 Å². The van der Waals surface area contributed by atoms with Gasteiger partial charge in [0.25, 0.3) is 0 Å². The Morgan fingerprint density at radius 1 is 1.14 bits per heavy atom. The van der Waals surface area contributed by atoms with E-state index >= 15 is 0 Å². The van der Waals surface area contributed by atoms with Gasteiger partial charge in [0.15, 0.2) is 0 Å². The van der Waals surface area contributed by atoms with E-state index in [0.717, 1.165) is 23.7 Å². The van der Waals surface area contributed by atoms with E-state index in [1.54, 1.807) is 18.3 Å². The normalized spacial score (nSPS) is 10.5. The Labute approximate surface area is 124 Å². The molecule has 0 amide bonds. The van der Waals surface area contributed by atoms with E-state index in [1.165, 1.54) is 5.56 Å². The summed E-state index contributed by atoms with van der Waals surface area (Å²) in [5.41, 5.74) is 3.14. The van der Waals surface area contributed by atoms with Gasteiger partial charge in [-0.1, -0.05) is 25.6 Å². The van der Waals surface area contributed by atoms with Gasteiger partial charge in [-0.05, 0) is 53.9 Å². The van der Waals surface area contributed by atoms with Crippen LogP contribution >= 0.6 is 0 Å². The predicted octanol–water partition coefficient (Wildman–Crippen LogP) is 4.09. The van der Waals surface area contributed by atoms with Gasteiger partial charge in [0.1, 0.15) is 5.75 Å². The van der Waals surface area contributed by atoms with Crippen LogP contribution in [0.15, 0.2) is 66.2 Å². The summed E-state index contributed by atoms with van der Waals surface area (Å²) >= 11 is 0. The van der Waals surface area contributed by atoms with Crippen molar-refractivity contribution in [2.75, 3.05) is 0 Å². The van der Waals surface area contributed by atoms with E-state index in [0.29, 0.717) is 5.75 Å². The molecule has 0 fully saturated rings. The van der Waals surface area contributed by atoms with Crippen LogP contribution in [0.2, 0.25) is 0 Å². The van der Waals surface area contributed by atoms with Crippen LogP contribution < -0.4 is 4.74 Å². The van der Waals surface area contributed by atoms with Crippen LogP contribution in [-0.2, 0) is 11.2 Å². The highest BCUT2D eigenvalue weighted by atomic mass is 16.5. The van der Waals surface area contributed by atoms with Crippen LogP contribution in [0.25, 0.3) is 0 Å². The van der Waals surface area contributed by atoms with Crippen LogP contribution in [0.3, 0.4) is 0 Å². The summed E-state index contributed by atoms with van der Waals surface area (Å²) in [6, 6.07) is 15.3. The minimum absolute atomic E-state index is 0.465. The minimum atomic E-state index is -0.465. The molecule has 21 heavy (non-hydrogen) atoms. The molecule has 0 radical (unpaired) electrons. The molecular formula is C18H17NO2. The van der Waals surface area contributed by atoms with Crippen molar-refractivity contribution in [3.63, 3.8) is 0 Å². The van der Waals surface area contributed by atoms with Gasteiger partial charge < -0.3 is 4.74 Å². The molecule has 0 saturated carbocycles. The zero-order valence-corrected chi connectivity index (χ0v) is 12.0. The number of hydrogen-bond donors (Lipinski definition) is 0. The van der Waals surface area contributed by atoms with E-state index < -0.39 is 5.97 Å². The highest BCUT2D eigenvalue weighted by molar-refractivity contribution is 5.84. The number of rotatable bonds is 5. The minimum Gasteiger partial charge on any atom is -0.423 e. The average Bonchev–Trinajstić information content (AvgIpc) is 2.54. The second-order valence-electron chi connectivity index (χ2n) is 4.47. The molecule has 3 nitrogen and oxygen atoms in total. The summed E-state index contributed by atoms with van der Waals surface area (Å²) in [7, 11) is 0. The molecule has 0 aromatic heterocycles. The Morgan fingerprint density at radius 2 is 1.81 bits per heavy atom. The number of nitrogens with zero attached hydrogens (tertiary/aromatic N) is 1. The lowest BCUT2D eigenvalue weighted by Gasteiger charge is -2.01. The Morgan fingerprint density at radius 3 is 2.38 bits per heavy atom. The van der Waals surface area contributed by atoms with Crippen LogP contribution in [-0.4, -0.2) is 12.2 Å². The molecule has 0 bridgehead atoms. The average molecular weight is 279 g/mol. The third-order valence-electron chi connectivity index (χ3n) is 2.97. The molecule has 2 aromatic carbocycles. The lowest BCUT2D eigenvalue weighted by molar-refractivity contribution is -0.128. The van der Waals surface area contributed by atoms with Gasteiger partial charge in [0, 0.05) is 12.3 Å².